The van der Waals surface area contributed by atoms with Gasteiger partial charge < -0.3 is 14.4 Å². The van der Waals surface area contributed by atoms with Gasteiger partial charge in [0, 0.05) is 0 Å². The first kappa shape index (κ1) is 13.5. The minimum absolute atomic E-state index is 0.397. The van der Waals surface area contributed by atoms with Crippen LogP contribution in [0.5, 0.6) is 0 Å². The molecule has 1 aliphatic heterocycles. The number of rotatable bonds is 3. The Morgan fingerprint density at radius 1 is 1.14 bits per heavy atom. The first-order chi connectivity index (χ1) is 10.6. The van der Waals surface area contributed by atoms with Crippen LogP contribution >= 0.6 is 0 Å². The number of ether oxygens (including phenoxy) is 1. The van der Waals surface area contributed by atoms with Crippen molar-refractivity contribution in [3.63, 3.8) is 0 Å². The summed E-state index contributed by atoms with van der Waals surface area (Å²) < 4.78 is 7.10. The van der Waals surface area contributed by atoms with E-state index < -0.39 is 5.60 Å². The standard InChI is InChI=1S/C18H18N2O2/c1-13-2-4-14(5-3-13)15-6-7-17-16(8-15)19-12-20(17)9-18(21)10-22-11-18/h2-8,12,21H,9-11H2,1H3. The van der Waals surface area contributed by atoms with Crippen molar-refractivity contribution in [2.45, 2.75) is 19.1 Å². The fourth-order valence-electron chi connectivity index (χ4n) is 2.86. The fraction of sp³-hybridized carbons (Fsp3) is 0.278. The number of fused-ring (bicyclic) bond motifs is 1. The zero-order chi connectivity index (χ0) is 15.2. The van der Waals surface area contributed by atoms with Crippen LogP contribution in [-0.2, 0) is 11.3 Å². The third-order valence-corrected chi connectivity index (χ3v) is 4.21. The number of benzene rings is 2. The smallest absolute Gasteiger partial charge is 0.129 e. The van der Waals surface area contributed by atoms with Crippen LogP contribution in [0.1, 0.15) is 5.56 Å². The molecule has 0 aliphatic carbocycles. The third kappa shape index (κ3) is 2.30. The van der Waals surface area contributed by atoms with Gasteiger partial charge in [0.2, 0.25) is 0 Å². The van der Waals surface area contributed by atoms with Gasteiger partial charge in [-0.1, -0.05) is 35.9 Å². The van der Waals surface area contributed by atoms with E-state index in [1.165, 1.54) is 11.1 Å². The summed E-state index contributed by atoms with van der Waals surface area (Å²) in [6.45, 7) is 3.40. The number of imidazole rings is 1. The molecule has 0 unspecified atom stereocenters. The van der Waals surface area contributed by atoms with Crippen LogP contribution in [0.15, 0.2) is 48.8 Å². The lowest BCUT2D eigenvalue weighted by Crippen LogP contribution is -2.52. The molecule has 0 amide bonds. The number of hydrogen-bond acceptors (Lipinski definition) is 3. The van der Waals surface area contributed by atoms with E-state index >= 15 is 0 Å². The van der Waals surface area contributed by atoms with Gasteiger partial charge in [0.05, 0.1) is 37.1 Å². The molecule has 1 aliphatic rings. The summed E-state index contributed by atoms with van der Waals surface area (Å²) in [7, 11) is 0. The van der Waals surface area contributed by atoms with Crippen molar-refractivity contribution in [3.05, 3.63) is 54.4 Å². The van der Waals surface area contributed by atoms with E-state index in [0.29, 0.717) is 19.8 Å². The van der Waals surface area contributed by atoms with E-state index in [4.69, 9.17) is 4.74 Å². The Kier molecular flexibility index (Phi) is 3.03. The fourth-order valence-corrected chi connectivity index (χ4v) is 2.86. The minimum Gasteiger partial charge on any atom is -0.383 e. The molecule has 1 N–H and O–H groups in total. The lowest BCUT2D eigenvalue weighted by atomic mass is 10.0. The van der Waals surface area contributed by atoms with Gasteiger partial charge >= 0.3 is 0 Å². The number of nitrogens with zero attached hydrogens (tertiary/aromatic N) is 2. The Labute approximate surface area is 129 Å². The zero-order valence-electron chi connectivity index (χ0n) is 12.5. The molecule has 22 heavy (non-hydrogen) atoms. The highest BCUT2D eigenvalue weighted by molar-refractivity contribution is 5.82. The van der Waals surface area contributed by atoms with Gasteiger partial charge in [0.15, 0.2) is 0 Å². The molecule has 4 heteroatoms. The molecule has 1 fully saturated rings. The Hall–Kier alpha value is -2.17. The quantitative estimate of drug-likeness (QED) is 0.808. The molecule has 3 aromatic rings. The maximum Gasteiger partial charge on any atom is 0.129 e. The molecular formula is C18H18N2O2. The molecule has 4 rings (SSSR count). The summed E-state index contributed by atoms with van der Waals surface area (Å²) in [6, 6.07) is 14.8. The zero-order valence-corrected chi connectivity index (χ0v) is 12.5. The molecule has 0 bridgehead atoms. The highest BCUT2D eigenvalue weighted by Gasteiger charge is 2.36. The summed E-state index contributed by atoms with van der Waals surface area (Å²) in [4.78, 5) is 4.48. The van der Waals surface area contributed by atoms with E-state index in [1.54, 1.807) is 6.33 Å². The number of aliphatic hydroxyl groups is 1. The Balaban J connectivity index is 1.69. The SMILES string of the molecule is Cc1ccc(-c2ccc3c(c2)ncn3CC2(O)COC2)cc1. The van der Waals surface area contributed by atoms with E-state index in [9.17, 15) is 5.11 Å². The minimum atomic E-state index is -0.747. The van der Waals surface area contributed by atoms with Gasteiger partial charge in [-0.2, -0.15) is 0 Å². The van der Waals surface area contributed by atoms with Crippen LogP contribution in [0.4, 0.5) is 0 Å². The van der Waals surface area contributed by atoms with Crippen molar-refractivity contribution in [1.82, 2.24) is 9.55 Å². The van der Waals surface area contributed by atoms with E-state index in [0.717, 1.165) is 16.6 Å². The molecule has 1 saturated heterocycles. The van der Waals surface area contributed by atoms with Crippen molar-refractivity contribution >= 4 is 11.0 Å². The van der Waals surface area contributed by atoms with Crippen LogP contribution in [0.3, 0.4) is 0 Å². The molecule has 2 aromatic carbocycles. The van der Waals surface area contributed by atoms with E-state index in [1.807, 2.05) is 4.57 Å². The van der Waals surface area contributed by atoms with Gasteiger partial charge in [-0.3, -0.25) is 0 Å². The summed E-state index contributed by atoms with van der Waals surface area (Å²) in [5, 5.41) is 10.2. The molecule has 4 nitrogen and oxygen atoms in total. The number of hydrogen-bond donors (Lipinski definition) is 1. The van der Waals surface area contributed by atoms with Gasteiger partial charge in [0.1, 0.15) is 5.60 Å². The largest absolute Gasteiger partial charge is 0.383 e. The Morgan fingerprint density at radius 3 is 2.55 bits per heavy atom. The topological polar surface area (TPSA) is 47.3 Å². The molecule has 2 heterocycles. The molecule has 0 atom stereocenters. The molecule has 0 saturated carbocycles. The molecule has 1 aromatic heterocycles. The lowest BCUT2D eigenvalue weighted by molar-refractivity contribution is -0.184. The van der Waals surface area contributed by atoms with E-state index in [2.05, 4.69) is 54.4 Å². The first-order valence-corrected chi connectivity index (χ1v) is 7.45. The maximum atomic E-state index is 10.2. The van der Waals surface area contributed by atoms with Gasteiger partial charge in [-0.15, -0.1) is 0 Å². The van der Waals surface area contributed by atoms with Crippen LogP contribution in [0, 0.1) is 6.92 Å². The summed E-state index contributed by atoms with van der Waals surface area (Å²) in [6.07, 6.45) is 1.79. The number of aromatic nitrogens is 2. The average Bonchev–Trinajstić information content (AvgIpc) is 2.88. The summed E-state index contributed by atoms with van der Waals surface area (Å²) >= 11 is 0. The summed E-state index contributed by atoms with van der Waals surface area (Å²) in [5.41, 5.74) is 4.84. The highest BCUT2D eigenvalue weighted by atomic mass is 16.5. The second kappa shape index (κ2) is 4.93. The van der Waals surface area contributed by atoms with Crippen LogP contribution in [0.2, 0.25) is 0 Å². The van der Waals surface area contributed by atoms with Gasteiger partial charge in [-0.25, -0.2) is 4.98 Å². The first-order valence-electron chi connectivity index (χ1n) is 7.45. The number of aryl methyl sites for hydroxylation is 1. The summed E-state index contributed by atoms with van der Waals surface area (Å²) in [5.74, 6) is 0. The van der Waals surface area contributed by atoms with Crippen LogP contribution in [0.25, 0.3) is 22.2 Å². The molecule has 0 radical (unpaired) electrons. The van der Waals surface area contributed by atoms with Crippen LogP contribution < -0.4 is 0 Å². The normalized spacial score (nSPS) is 16.6. The van der Waals surface area contributed by atoms with Crippen LogP contribution in [-0.4, -0.2) is 33.5 Å². The second-order valence-corrected chi connectivity index (χ2v) is 6.16. The third-order valence-electron chi connectivity index (χ3n) is 4.21. The van der Waals surface area contributed by atoms with Crippen molar-refractivity contribution in [3.8, 4) is 11.1 Å². The lowest BCUT2D eigenvalue weighted by Gasteiger charge is -2.36. The second-order valence-electron chi connectivity index (χ2n) is 6.16. The Morgan fingerprint density at radius 2 is 1.86 bits per heavy atom. The van der Waals surface area contributed by atoms with E-state index in [-0.39, 0.29) is 0 Å². The Bertz CT molecular complexity index is 817. The van der Waals surface area contributed by atoms with Gasteiger partial charge in [0.25, 0.3) is 0 Å². The molecule has 0 spiro atoms. The monoisotopic (exact) mass is 294 g/mol. The maximum absolute atomic E-state index is 10.2. The predicted octanol–water partition coefficient (Wildman–Crippen LogP) is 2.77. The van der Waals surface area contributed by atoms with Crippen molar-refractivity contribution < 1.29 is 9.84 Å². The molecule has 112 valence electrons. The average molecular weight is 294 g/mol. The van der Waals surface area contributed by atoms with Crippen molar-refractivity contribution in [2.75, 3.05) is 13.2 Å². The molecular weight excluding hydrogens is 276 g/mol. The highest BCUT2D eigenvalue weighted by Crippen LogP contribution is 2.26. The van der Waals surface area contributed by atoms with Gasteiger partial charge in [-0.05, 0) is 30.2 Å². The van der Waals surface area contributed by atoms with Crippen molar-refractivity contribution in [1.29, 1.82) is 0 Å². The predicted molar refractivity (Wildman–Crippen MR) is 85.7 cm³/mol. The van der Waals surface area contributed by atoms with Crippen molar-refractivity contribution in [2.24, 2.45) is 0 Å².